The number of hydrogen-bond donors (Lipinski definition) is 0. The van der Waals surface area contributed by atoms with Crippen LogP contribution >= 0.6 is 0 Å². The van der Waals surface area contributed by atoms with Crippen LogP contribution in [-0.4, -0.2) is 51.4 Å². The molecule has 0 saturated carbocycles. The maximum Gasteiger partial charge on any atom is 0.340 e. The van der Waals surface area contributed by atoms with E-state index >= 15 is 0 Å². The normalized spacial score (nSPS) is 13.0. The van der Waals surface area contributed by atoms with Crippen molar-refractivity contribution in [3.8, 4) is 0 Å². The lowest BCUT2D eigenvalue weighted by molar-refractivity contribution is -0.177. The Bertz CT molecular complexity index is 1070. The van der Waals surface area contributed by atoms with Gasteiger partial charge in [0.05, 0.1) is 0 Å². The quantitative estimate of drug-likeness (QED) is 0.0573. The SMILES string of the molecule is CCCCCCCCCCCCCCCCC(=O)OC[C@@H](COC(=O)[C@H](OC)c1ccccc1)OC(=O)[C@H](OC)c1ccccc1. The zero-order chi connectivity index (χ0) is 33.2. The summed E-state index contributed by atoms with van der Waals surface area (Å²) in [6.07, 6.45) is 14.6. The van der Waals surface area contributed by atoms with Gasteiger partial charge in [-0.05, 0) is 17.5 Å². The van der Waals surface area contributed by atoms with Gasteiger partial charge in [0.1, 0.15) is 13.2 Å². The molecule has 0 spiro atoms. The minimum Gasteiger partial charge on any atom is -0.462 e. The summed E-state index contributed by atoms with van der Waals surface area (Å²) >= 11 is 0. The maximum atomic E-state index is 13.1. The van der Waals surface area contributed by atoms with E-state index in [-0.39, 0.29) is 25.6 Å². The molecule has 0 aliphatic heterocycles. The highest BCUT2D eigenvalue weighted by Crippen LogP contribution is 2.21. The zero-order valence-corrected chi connectivity index (χ0v) is 28.3. The number of methoxy groups -OCH3 is 2. The van der Waals surface area contributed by atoms with E-state index in [0.29, 0.717) is 11.1 Å². The Balaban J connectivity index is 1.76. The van der Waals surface area contributed by atoms with E-state index in [9.17, 15) is 14.4 Å². The maximum absolute atomic E-state index is 13.1. The molecule has 0 aliphatic carbocycles. The summed E-state index contributed by atoms with van der Waals surface area (Å²) < 4.78 is 27.3. The lowest BCUT2D eigenvalue weighted by Gasteiger charge is -2.22. The zero-order valence-electron chi connectivity index (χ0n) is 28.3. The molecule has 0 aromatic heterocycles. The summed E-state index contributed by atoms with van der Waals surface area (Å²) in [6, 6.07) is 17.9. The fourth-order valence-corrected chi connectivity index (χ4v) is 5.31. The number of carbonyl (C=O) groups excluding carboxylic acids is 3. The first-order chi connectivity index (χ1) is 22.5. The molecule has 0 N–H and O–H groups in total. The van der Waals surface area contributed by atoms with Gasteiger partial charge in [0, 0.05) is 20.6 Å². The van der Waals surface area contributed by atoms with Gasteiger partial charge in [0.25, 0.3) is 0 Å². The van der Waals surface area contributed by atoms with Crippen molar-refractivity contribution in [3.63, 3.8) is 0 Å². The average Bonchev–Trinajstić information content (AvgIpc) is 3.07. The minimum atomic E-state index is -1.02. The predicted molar refractivity (Wildman–Crippen MR) is 179 cm³/mol. The Kier molecular flexibility index (Phi) is 21.1. The van der Waals surface area contributed by atoms with Crippen molar-refractivity contribution >= 4 is 17.9 Å². The van der Waals surface area contributed by atoms with Crippen molar-refractivity contribution in [2.45, 2.75) is 122 Å². The fourth-order valence-electron chi connectivity index (χ4n) is 5.31. The molecule has 2 aromatic rings. The average molecular weight is 641 g/mol. The standard InChI is InChI=1S/C38H56O8/c1-4-5-6-7-8-9-10-11-12-13-14-15-16-23-28-34(39)44-29-33(46-38(41)36(43-3)32-26-21-18-22-27-32)30-45-37(40)35(42-2)31-24-19-17-20-25-31/h17-22,24-27,33,35-36H,4-16,23,28-30H2,1-3H3/t33-,35+,36+/m0/s1. The second-order valence-electron chi connectivity index (χ2n) is 11.8. The minimum absolute atomic E-state index is 0.245. The van der Waals surface area contributed by atoms with E-state index in [1.54, 1.807) is 48.5 Å². The van der Waals surface area contributed by atoms with E-state index in [2.05, 4.69) is 6.92 Å². The van der Waals surface area contributed by atoms with Crippen LogP contribution in [0, 0.1) is 0 Å². The highest BCUT2D eigenvalue weighted by atomic mass is 16.6. The molecular weight excluding hydrogens is 584 g/mol. The summed E-state index contributed by atoms with van der Waals surface area (Å²) in [4.78, 5) is 38.4. The van der Waals surface area contributed by atoms with Crippen LogP contribution in [0.2, 0.25) is 0 Å². The first-order valence-corrected chi connectivity index (χ1v) is 17.2. The third-order valence-electron chi connectivity index (χ3n) is 7.96. The van der Waals surface area contributed by atoms with Gasteiger partial charge in [-0.25, -0.2) is 9.59 Å². The van der Waals surface area contributed by atoms with E-state index in [1.165, 1.54) is 84.8 Å². The molecule has 0 saturated heterocycles. The molecule has 0 unspecified atom stereocenters. The first kappa shape index (κ1) is 39.0. The van der Waals surface area contributed by atoms with Crippen molar-refractivity contribution in [2.75, 3.05) is 27.4 Å². The smallest absolute Gasteiger partial charge is 0.340 e. The van der Waals surface area contributed by atoms with Crippen molar-refractivity contribution < 1.29 is 38.1 Å². The molecule has 46 heavy (non-hydrogen) atoms. The second-order valence-corrected chi connectivity index (χ2v) is 11.8. The highest BCUT2D eigenvalue weighted by molar-refractivity contribution is 5.77. The summed E-state index contributed by atoms with van der Waals surface area (Å²) in [7, 11) is 2.83. The Morgan fingerprint density at radius 1 is 0.543 bits per heavy atom. The van der Waals surface area contributed by atoms with Crippen molar-refractivity contribution in [2.24, 2.45) is 0 Å². The Labute approximate surface area is 276 Å². The van der Waals surface area contributed by atoms with Crippen LogP contribution in [-0.2, 0) is 38.1 Å². The van der Waals surface area contributed by atoms with Gasteiger partial charge in [-0.1, -0.05) is 151 Å². The molecule has 0 aliphatic rings. The van der Waals surface area contributed by atoms with E-state index < -0.39 is 30.3 Å². The second kappa shape index (κ2) is 24.9. The highest BCUT2D eigenvalue weighted by Gasteiger charge is 2.28. The summed E-state index contributed by atoms with van der Waals surface area (Å²) in [6.45, 7) is 1.70. The lowest BCUT2D eigenvalue weighted by atomic mass is 10.0. The number of carbonyl (C=O) groups is 3. The largest absolute Gasteiger partial charge is 0.462 e. The molecule has 3 atom stereocenters. The number of esters is 3. The molecule has 0 bridgehead atoms. The third-order valence-corrected chi connectivity index (χ3v) is 7.96. The van der Waals surface area contributed by atoms with Gasteiger partial charge in [0.15, 0.2) is 18.3 Å². The topological polar surface area (TPSA) is 97.4 Å². The molecular formula is C38H56O8. The van der Waals surface area contributed by atoms with Crippen LogP contribution in [0.25, 0.3) is 0 Å². The van der Waals surface area contributed by atoms with Gasteiger partial charge < -0.3 is 23.7 Å². The van der Waals surface area contributed by atoms with Crippen LogP contribution in [0.3, 0.4) is 0 Å². The number of hydrogen-bond acceptors (Lipinski definition) is 8. The monoisotopic (exact) mass is 640 g/mol. The van der Waals surface area contributed by atoms with Gasteiger partial charge in [0.2, 0.25) is 0 Å². The van der Waals surface area contributed by atoms with Crippen molar-refractivity contribution in [1.82, 2.24) is 0 Å². The summed E-state index contributed by atoms with van der Waals surface area (Å²) in [5, 5.41) is 0. The molecule has 2 rings (SSSR count). The predicted octanol–water partition coefficient (Wildman–Crippen LogP) is 8.63. The number of benzene rings is 2. The van der Waals surface area contributed by atoms with Crippen molar-refractivity contribution in [1.29, 1.82) is 0 Å². The van der Waals surface area contributed by atoms with E-state index in [1.807, 2.05) is 12.1 Å². The van der Waals surface area contributed by atoms with Gasteiger partial charge in [-0.3, -0.25) is 4.79 Å². The molecule has 0 amide bonds. The van der Waals surface area contributed by atoms with E-state index in [4.69, 9.17) is 23.7 Å². The molecule has 0 fully saturated rings. The number of ether oxygens (including phenoxy) is 5. The summed E-state index contributed by atoms with van der Waals surface area (Å²) in [5.41, 5.74) is 1.25. The Hall–Kier alpha value is -3.23. The van der Waals surface area contributed by atoms with Crippen LogP contribution in [0.15, 0.2) is 60.7 Å². The molecule has 0 radical (unpaired) electrons. The summed E-state index contributed by atoms with van der Waals surface area (Å²) in [5.74, 6) is -1.70. The molecule has 0 heterocycles. The van der Waals surface area contributed by atoms with E-state index in [0.717, 1.165) is 19.3 Å². The van der Waals surface area contributed by atoms with Crippen LogP contribution < -0.4 is 0 Å². The molecule has 2 aromatic carbocycles. The van der Waals surface area contributed by atoms with Gasteiger partial charge >= 0.3 is 17.9 Å². The van der Waals surface area contributed by atoms with Crippen molar-refractivity contribution in [3.05, 3.63) is 71.8 Å². The molecule has 8 nitrogen and oxygen atoms in total. The third kappa shape index (κ3) is 16.4. The van der Waals surface area contributed by atoms with Crippen LogP contribution in [0.4, 0.5) is 0 Å². The Morgan fingerprint density at radius 2 is 0.957 bits per heavy atom. The first-order valence-electron chi connectivity index (χ1n) is 17.2. The lowest BCUT2D eigenvalue weighted by Crippen LogP contribution is -2.34. The van der Waals surface area contributed by atoms with Gasteiger partial charge in [-0.15, -0.1) is 0 Å². The number of rotatable bonds is 26. The van der Waals surface area contributed by atoms with Crippen LogP contribution in [0.1, 0.15) is 127 Å². The molecule has 256 valence electrons. The number of unbranched alkanes of at least 4 members (excludes halogenated alkanes) is 13. The molecule has 8 heteroatoms. The van der Waals surface area contributed by atoms with Crippen LogP contribution in [0.5, 0.6) is 0 Å². The van der Waals surface area contributed by atoms with Gasteiger partial charge in [-0.2, -0.15) is 0 Å². The Morgan fingerprint density at radius 3 is 1.41 bits per heavy atom. The fraction of sp³-hybridized carbons (Fsp3) is 0.605.